The second-order valence-corrected chi connectivity index (χ2v) is 5.74. The standard InChI is InChI=1S/C16H26FN/c1-10(2)15(9-18)16(17)8-14-12(4)6-11(3)7-13(14)5/h6-7,10,15-16H,8-9,18H2,1-5H3. The number of halogens is 1. The van der Waals surface area contributed by atoms with Crippen molar-refractivity contribution in [3.8, 4) is 0 Å². The van der Waals surface area contributed by atoms with E-state index in [1.54, 1.807) is 0 Å². The van der Waals surface area contributed by atoms with E-state index < -0.39 is 6.17 Å². The molecule has 1 aromatic carbocycles. The van der Waals surface area contributed by atoms with Crippen LogP contribution >= 0.6 is 0 Å². The number of benzene rings is 1. The van der Waals surface area contributed by atoms with Gasteiger partial charge >= 0.3 is 0 Å². The fourth-order valence-electron chi connectivity index (χ4n) is 2.72. The molecule has 0 aliphatic carbocycles. The van der Waals surface area contributed by atoms with Gasteiger partial charge < -0.3 is 5.73 Å². The molecule has 0 aromatic heterocycles. The van der Waals surface area contributed by atoms with E-state index in [0.717, 1.165) is 5.56 Å². The lowest BCUT2D eigenvalue weighted by atomic mass is 9.86. The highest BCUT2D eigenvalue weighted by molar-refractivity contribution is 5.37. The molecule has 2 N–H and O–H groups in total. The molecule has 0 saturated carbocycles. The van der Waals surface area contributed by atoms with Crippen molar-refractivity contribution in [1.29, 1.82) is 0 Å². The first-order chi connectivity index (χ1) is 8.36. The molecule has 2 heteroatoms. The van der Waals surface area contributed by atoms with Crippen molar-refractivity contribution in [2.45, 2.75) is 47.2 Å². The minimum atomic E-state index is -0.852. The Morgan fingerprint density at radius 1 is 1.11 bits per heavy atom. The van der Waals surface area contributed by atoms with Crippen molar-refractivity contribution in [3.05, 3.63) is 34.4 Å². The third-order valence-corrected chi connectivity index (χ3v) is 3.83. The molecule has 0 amide bonds. The van der Waals surface area contributed by atoms with E-state index >= 15 is 0 Å². The summed E-state index contributed by atoms with van der Waals surface area (Å²) < 4.78 is 14.4. The number of rotatable bonds is 5. The molecule has 0 radical (unpaired) electrons. The predicted molar refractivity (Wildman–Crippen MR) is 76.6 cm³/mol. The molecular weight excluding hydrogens is 225 g/mol. The summed E-state index contributed by atoms with van der Waals surface area (Å²) in [5.41, 5.74) is 10.5. The van der Waals surface area contributed by atoms with Gasteiger partial charge in [0.2, 0.25) is 0 Å². The van der Waals surface area contributed by atoms with Crippen molar-refractivity contribution in [3.63, 3.8) is 0 Å². The van der Waals surface area contributed by atoms with Gasteiger partial charge in [-0.1, -0.05) is 31.5 Å². The smallest absolute Gasteiger partial charge is 0.108 e. The summed E-state index contributed by atoms with van der Waals surface area (Å²) >= 11 is 0. The van der Waals surface area contributed by atoms with Crippen LogP contribution in [0, 0.1) is 32.6 Å². The molecule has 2 unspecified atom stereocenters. The number of hydrogen-bond acceptors (Lipinski definition) is 1. The number of nitrogens with two attached hydrogens (primary N) is 1. The zero-order valence-electron chi connectivity index (χ0n) is 12.3. The quantitative estimate of drug-likeness (QED) is 0.848. The summed E-state index contributed by atoms with van der Waals surface area (Å²) in [6, 6.07) is 4.25. The zero-order chi connectivity index (χ0) is 13.9. The second kappa shape index (κ2) is 6.33. The van der Waals surface area contributed by atoms with Crippen LogP contribution in [0.15, 0.2) is 12.1 Å². The van der Waals surface area contributed by atoms with E-state index in [9.17, 15) is 4.39 Å². The SMILES string of the molecule is Cc1cc(C)c(CC(F)C(CN)C(C)C)c(C)c1. The Kier molecular flexibility index (Phi) is 5.33. The molecule has 1 rings (SSSR count). The number of alkyl halides is 1. The molecule has 0 aliphatic heterocycles. The van der Waals surface area contributed by atoms with Crippen LogP contribution in [-0.4, -0.2) is 12.7 Å². The monoisotopic (exact) mass is 251 g/mol. The molecule has 18 heavy (non-hydrogen) atoms. The summed E-state index contributed by atoms with van der Waals surface area (Å²) in [6.45, 7) is 10.7. The van der Waals surface area contributed by atoms with E-state index in [1.165, 1.54) is 16.7 Å². The Labute approximate surface area is 111 Å². The topological polar surface area (TPSA) is 26.0 Å². The van der Waals surface area contributed by atoms with Gasteiger partial charge in [0.15, 0.2) is 0 Å². The largest absolute Gasteiger partial charge is 0.330 e. The van der Waals surface area contributed by atoms with Gasteiger partial charge in [-0.05, 0) is 49.9 Å². The Morgan fingerprint density at radius 3 is 2.00 bits per heavy atom. The fraction of sp³-hybridized carbons (Fsp3) is 0.625. The lowest BCUT2D eigenvalue weighted by Crippen LogP contribution is -2.31. The highest BCUT2D eigenvalue weighted by Gasteiger charge is 2.24. The van der Waals surface area contributed by atoms with Crippen molar-refractivity contribution in [2.75, 3.05) is 6.54 Å². The van der Waals surface area contributed by atoms with Gasteiger partial charge in [0.1, 0.15) is 6.17 Å². The third-order valence-electron chi connectivity index (χ3n) is 3.83. The van der Waals surface area contributed by atoms with Crippen molar-refractivity contribution < 1.29 is 4.39 Å². The van der Waals surface area contributed by atoms with Crippen molar-refractivity contribution in [1.82, 2.24) is 0 Å². The Balaban J connectivity index is 2.91. The molecule has 0 spiro atoms. The maximum absolute atomic E-state index is 14.4. The molecule has 102 valence electrons. The first-order valence-corrected chi connectivity index (χ1v) is 6.77. The molecule has 1 nitrogen and oxygen atoms in total. The maximum Gasteiger partial charge on any atom is 0.108 e. The summed E-state index contributed by atoms with van der Waals surface area (Å²) in [5.74, 6) is 0.237. The average molecular weight is 251 g/mol. The van der Waals surface area contributed by atoms with Gasteiger partial charge in [-0.3, -0.25) is 0 Å². The minimum Gasteiger partial charge on any atom is -0.330 e. The first-order valence-electron chi connectivity index (χ1n) is 6.77. The molecule has 1 aromatic rings. The van der Waals surface area contributed by atoms with Gasteiger partial charge in [0, 0.05) is 12.3 Å². The van der Waals surface area contributed by atoms with Crippen molar-refractivity contribution in [2.24, 2.45) is 17.6 Å². The van der Waals surface area contributed by atoms with Crippen LogP contribution in [-0.2, 0) is 6.42 Å². The van der Waals surface area contributed by atoms with Crippen LogP contribution in [0.1, 0.15) is 36.1 Å². The van der Waals surface area contributed by atoms with E-state index in [1.807, 2.05) is 13.8 Å². The highest BCUT2D eigenvalue weighted by Crippen LogP contribution is 2.24. The minimum absolute atomic E-state index is 0.0508. The van der Waals surface area contributed by atoms with Crippen LogP contribution in [0.25, 0.3) is 0 Å². The number of hydrogen-bond donors (Lipinski definition) is 1. The van der Waals surface area contributed by atoms with Crippen LogP contribution in [0.5, 0.6) is 0 Å². The lowest BCUT2D eigenvalue weighted by Gasteiger charge is -2.24. The lowest BCUT2D eigenvalue weighted by molar-refractivity contribution is 0.185. The van der Waals surface area contributed by atoms with E-state index in [0.29, 0.717) is 13.0 Å². The van der Waals surface area contributed by atoms with Gasteiger partial charge in [0.05, 0.1) is 0 Å². The predicted octanol–water partition coefficient (Wildman–Crippen LogP) is 3.72. The summed E-state index contributed by atoms with van der Waals surface area (Å²) in [4.78, 5) is 0. The molecule has 0 heterocycles. The average Bonchev–Trinajstić information content (AvgIpc) is 2.23. The van der Waals surface area contributed by atoms with E-state index in [-0.39, 0.29) is 11.8 Å². The first kappa shape index (κ1) is 15.2. The van der Waals surface area contributed by atoms with Crippen LogP contribution < -0.4 is 5.73 Å². The summed E-state index contributed by atoms with van der Waals surface area (Å²) in [5, 5.41) is 0. The van der Waals surface area contributed by atoms with E-state index in [4.69, 9.17) is 5.73 Å². The molecule has 2 atom stereocenters. The second-order valence-electron chi connectivity index (χ2n) is 5.74. The fourth-order valence-corrected chi connectivity index (χ4v) is 2.72. The van der Waals surface area contributed by atoms with Gasteiger partial charge in [0.25, 0.3) is 0 Å². The summed E-state index contributed by atoms with van der Waals surface area (Å²) in [7, 11) is 0. The van der Waals surface area contributed by atoms with Crippen LogP contribution in [0.3, 0.4) is 0 Å². The normalized spacial score (nSPS) is 14.9. The van der Waals surface area contributed by atoms with Crippen molar-refractivity contribution >= 4 is 0 Å². The van der Waals surface area contributed by atoms with Gasteiger partial charge in [-0.25, -0.2) is 4.39 Å². The molecular formula is C16H26FN. The molecule has 0 fully saturated rings. The Bertz CT molecular complexity index is 375. The van der Waals surface area contributed by atoms with E-state index in [2.05, 4.69) is 32.9 Å². The Hall–Kier alpha value is -0.890. The third kappa shape index (κ3) is 3.55. The van der Waals surface area contributed by atoms with Crippen LogP contribution in [0.2, 0.25) is 0 Å². The Morgan fingerprint density at radius 2 is 1.61 bits per heavy atom. The highest BCUT2D eigenvalue weighted by atomic mass is 19.1. The van der Waals surface area contributed by atoms with Gasteiger partial charge in [-0.2, -0.15) is 0 Å². The van der Waals surface area contributed by atoms with Gasteiger partial charge in [-0.15, -0.1) is 0 Å². The molecule has 0 bridgehead atoms. The molecule has 0 saturated heterocycles. The van der Waals surface area contributed by atoms with Crippen LogP contribution in [0.4, 0.5) is 4.39 Å². The maximum atomic E-state index is 14.4. The zero-order valence-corrected chi connectivity index (χ0v) is 12.3. The number of aryl methyl sites for hydroxylation is 3. The summed E-state index contributed by atoms with van der Waals surface area (Å²) in [6.07, 6.45) is -0.368. The molecule has 0 aliphatic rings.